The second kappa shape index (κ2) is 5.35. The first kappa shape index (κ1) is 12.3. The molecule has 0 unspecified atom stereocenters. The first-order valence-electron chi connectivity index (χ1n) is 5.80. The summed E-state index contributed by atoms with van der Waals surface area (Å²) in [6.45, 7) is 3.36. The fraction of sp³-hybridized carbons (Fsp3) is 0.909. The summed E-state index contributed by atoms with van der Waals surface area (Å²) in [6, 6.07) is -0.0503. The number of carbonyl (C=O) groups excluding carboxylic acids is 1. The summed E-state index contributed by atoms with van der Waals surface area (Å²) in [4.78, 5) is 13.6. The average Bonchev–Trinajstić information content (AvgIpc) is 2.65. The molecular formula is C11H23N3O. The van der Waals surface area contributed by atoms with Crippen molar-refractivity contribution >= 4 is 6.03 Å². The normalized spacial score (nSPS) is 19.2. The summed E-state index contributed by atoms with van der Waals surface area (Å²) in [5.41, 5.74) is 0.186. The number of nitrogens with one attached hydrogen (secondary N) is 2. The van der Waals surface area contributed by atoms with E-state index < -0.39 is 0 Å². The molecule has 0 aromatic heterocycles. The van der Waals surface area contributed by atoms with Gasteiger partial charge in [0.2, 0.25) is 0 Å². The minimum absolute atomic E-state index is 0.0503. The Labute approximate surface area is 92.4 Å². The third kappa shape index (κ3) is 3.09. The lowest BCUT2D eigenvalue weighted by atomic mass is 9.96. The third-order valence-corrected chi connectivity index (χ3v) is 3.40. The Balaban J connectivity index is 2.42. The van der Waals surface area contributed by atoms with Gasteiger partial charge in [-0.25, -0.2) is 4.79 Å². The van der Waals surface area contributed by atoms with Gasteiger partial charge < -0.3 is 15.5 Å². The predicted octanol–water partition coefficient (Wildman–Crippen LogP) is 1.18. The molecule has 2 N–H and O–H groups in total. The van der Waals surface area contributed by atoms with Gasteiger partial charge in [0, 0.05) is 18.6 Å². The van der Waals surface area contributed by atoms with Gasteiger partial charge in [-0.3, -0.25) is 0 Å². The smallest absolute Gasteiger partial charge is 0.314 e. The molecule has 0 heterocycles. The first-order chi connectivity index (χ1) is 7.10. The molecule has 1 aliphatic carbocycles. The molecule has 2 amide bonds. The number of nitrogens with zero attached hydrogens (tertiary/aromatic N) is 1. The lowest BCUT2D eigenvalue weighted by Crippen LogP contribution is -2.52. The topological polar surface area (TPSA) is 44.4 Å². The largest absolute Gasteiger partial charge is 0.338 e. The van der Waals surface area contributed by atoms with Gasteiger partial charge in [-0.15, -0.1) is 0 Å². The highest BCUT2D eigenvalue weighted by molar-refractivity contribution is 5.73. The summed E-state index contributed by atoms with van der Waals surface area (Å²) in [7, 11) is 4.20. The van der Waals surface area contributed by atoms with Gasteiger partial charge in [0.05, 0.1) is 0 Å². The minimum Gasteiger partial charge on any atom is -0.338 e. The number of amides is 2. The van der Waals surface area contributed by atoms with Crippen LogP contribution in [-0.2, 0) is 0 Å². The molecule has 0 saturated heterocycles. The number of carbonyl (C=O) groups is 1. The molecule has 0 aromatic rings. The highest BCUT2D eigenvalue weighted by atomic mass is 16.2. The van der Waals surface area contributed by atoms with Crippen LogP contribution in [0, 0.1) is 0 Å². The molecule has 1 saturated carbocycles. The van der Waals surface area contributed by atoms with Crippen LogP contribution >= 0.6 is 0 Å². The van der Waals surface area contributed by atoms with Gasteiger partial charge >= 0.3 is 6.03 Å². The van der Waals surface area contributed by atoms with Crippen molar-refractivity contribution in [2.45, 2.75) is 38.1 Å². The SMILES string of the molecule is CCNC(=O)NCC1(N(C)C)CCCC1. The zero-order valence-corrected chi connectivity index (χ0v) is 10.1. The molecule has 4 nitrogen and oxygen atoms in total. The van der Waals surface area contributed by atoms with Crippen LogP contribution in [0.15, 0.2) is 0 Å². The van der Waals surface area contributed by atoms with E-state index in [9.17, 15) is 4.79 Å². The number of hydrogen-bond acceptors (Lipinski definition) is 2. The summed E-state index contributed by atoms with van der Waals surface area (Å²) in [6.07, 6.45) is 4.92. The second-order valence-electron chi connectivity index (χ2n) is 4.54. The van der Waals surface area contributed by atoms with E-state index in [2.05, 4.69) is 29.6 Å². The van der Waals surface area contributed by atoms with Gasteiger partial charge in [-0.1, -0.05) is 12.8 Å². The highest BCUT2D eigenvalue weighted by Crippen LogP contribution is 2.32. The van der Waals surface area contributed by atoms with Crippen LogP contribution < -0.4 is 10.6 Å². The zero-order chi connectivity index (χ0) is 11.3. The monoisotopic (exact) mass is 213 g/mol. The Bertz CT molecular complexity index is 210. The maximum Gasteiger partial charge on any atom is 0.314 e. The molecule has 0 bridgehead atoms. The Morgan fingerprint density at radius 2 is 1.87 bits per heavy atom. The summed E-state index contributed by atoms with van der Waals surface area (Å²) < 4.78 is 0. The van der Waals surface area contributed by atoms with E-state index in [0.29, 0.717) is 6.54 Å². The molecule has 0 radical (unpaired) electrons. The third-order valence-electron chi connectivity index (χ3n) is 3.40. The Morgan fingerprint density at radius 3 is 2.33 bits per heavy atom. The quantitative estimate of drug-likeness (QED) is 0.736. The predicted molar refractivity (Wildman–Crippen MR) is 62.0 cm³/mol. The van der Waals surface area contributed by atoms with Crippen LogP contribution in [0.4, 0.5) is 4.79 Å². The highest BCUT2D eigenvalue weighted by Gasteiger charge is 2.35. The van der Waals surface area contributed by atoms with Crippen LogP contribution in [0.1, 0.15) is 32.6 Å². The van der Waals surface area contributed by atoms with Crippen LogP contribution in [0.3, 0.4) is 0 Å². The number of hydrogen-bond donors (Lipinski definition) is 2. The number of likely N-dealkylation sites (N-methyl/N-ethyl adjacent to an activating group) is 1. The van der Waals surface area contributed by atoms with E-state index in [4.69, 9.17) is 0 Å². The molecule has 1 aliphatic rings. The standard InChI is InChI=1S/C11H23N3O/c1-4-12-10(15)13-9-11(14(2)3)7-5-6-8-11/h4-9H2,1-3H3,(H2,12,13,15). The van der Waals surface area contributed by atoms with Crippen LogP contribution in [-0.4, -0.2) is 43.7 Å². The van der Waals surface area contributed by atoms with E-state index in [-0.39, 0.29) is 11.6 Å². The van der Waals surface area contributed by atoms with Crippen molar-refractivity contribution < 1.29 is 4.79 Å². The second-order valence-corrected chi connectivity index (χ2v) is 4.54. The van der Waals surface area contributed by atoms with Gasteiger partial charge in [0.1, 0.15) is 0 Å². The summed E-state index contributed by atoms with van der Waals surface area (Å²) in [5.74, 6) is 0. The van der Waals surface area contributed by atoms with E-state index in [1.165, 1.54) is 25.7 Å². The van der Waals surface area contributed by atoms with Crippen molar-refractivity contribution in [1.82, 2.24) is 15.5 Å². The van der Waals surface area contributed by atoms with Gasteiger partial charge in [-0.05, 0) is 33.9 Å². The molecule has 0 aliphatic heterocycles. The van der Waals surface area contributed by atoms with Crippen molar-refractivity contribution in [1.29, 1.82) is 0 Å². The fourth-order valence-electron chi connectivity index (χ4n) is 2.28. The molecule has 0 atom stereocenters. The lowest BCUT2D eigenvalue weighted by Gasteiger charge is -2.36. The van der Waals surface area contributed by atoms with Crippen LogP contribution in [0.25, 0.3) is 0 Å². The number of rotatable bonds is 4. The molecule has 88 valence electrons. The number of urea groups is 1. The van der Waals surface area contributed by atoms with Gasteiger partial charge in [0.25, 0.3) is 0 Å². The van der Waals surface area contributed by atoms with Crippen molar-refractivity contribution in [3.63, 3.8) is 0 Å². The lowest BCUT2D eigenvalue weighted by molar-refractivity contribution is 0.154. The average molecular weight is 213 g/mol. The first-order valence-corrected chi connectivity index (χ1v) is 5.80. The van der Waals surface area contributed by atoms with Crippen molar-refractivity contribution in [2.75, 3.05) is 27.2 Å². The fourth-order valence-corrected chi connectivity index (χ4v) is 2.28. The van der Waals surface area contributed by atoms with Crippen molar-refractivity contribution in [2.24, 2.45) is 0 Å². The Hall–Kier alpha value is -0.770. The van der Waals surface area contributed by atoms with Crippen LogP contribution in [0.5, 0.6) is 0 Å². The van der Waals surface area contributed by atoms with Crippen molar-refractivity contribution in [3.8, 4) is 0 Å². The maximum atomic E-state index is 11.3. The Morgan fingerprint density at radius 1 is 1.27 bits per heavy atom. The molecule has 1 fully saturated rings. The van der Waals surface area contributed by atoms with E-state index in [0.717, 1.165) is 6.54 Å². The molecule has 1 rings (SSSR count). The van der Waals surface area contributed by atoms with Crippen LogP contribution in [0.2, 0.25) is 0 Å². The molecule has 0 aromatic carbocycles. The Kier molecular flexibility index (Phi) is 4.39. The van der Waals surface area contributed by atoms with E-state index in [1.807, 2.05) is 6.92 Å². The zero-order valence-electron chi connectivity index (χ0n) is 10.1. The van der Waals surface area contributed by atoms with Crippen molar-refractivity contribution in [3.05, 3.63) is 0 Å². The maximum absolute atomic E-state index is 11.3. The van der Waals surface area contributed by atoms with E-state index in [1.54, 1.807) is 0 Å². The molecule has 4 heteroatoms. The molecule has 0 spiro atoms. The molecular weight excluding hydrogens is 190 g/mol. The van der Waals surface area contributed by atoms with Gasteiger partial charge in [0.15, 0.2) is 0 Å². The minimum atomic E-state index is -0.0503. The summed E-state index contributed by atoms with van der Waals surface area (Å²) in [5, 5.41) is 5.71. The molecule has 15 heavy (non-hydrogen) atoms. The summed E-state index contributed by atoms with van der Waals surface area (Å²) >= 11 is 0. The van der Waals surface area contributed by atoms with E-state index >= 15 is 0 Å². The van der Waals surface area contributed by atoms with Gasteiger partial charge in [-0.2, -0.15) is 0 Å².